The Morgan fingerprint density at radius 2 is 2.40 bits per heavy atom. The number of piperidine rings is 1. The van der Waals surface area contributed by atoms with E-state index < -0.39 is 0 Å². The molecule has 2 aromatic heterocycles. The number of furan rings is 1. The van der Waals surface area contributed by atoms with Crippen LogP contribution in [0.2, 0.25) is 0 Å². The Hall–Kier alpha value is -1.56. The van der Waals surface area contributed by atoms with Crippen LogP contribution < -0.4 is 0 Å². The molecule has 106 valence electrons. The fourth-order valence-electron chi connectivity index (χ4n) is 2.64. The van der Waals surface area contributed by atoms with Gasteiger partial charge >= 0.3 is 0 Å². The number of nitrogens with one attached hydrogen (secondary N) is 1. The molecule has 1 atom stereocenters. The van der Waals surface area contributed by atoms with E-state index in [1.807, 2.05) is 11.8 Å². The van der Waals surface area contributed by atoms with Crippen molar-refractivity contribution in [3.8, 4) is 0 Å². The number of hydrogen-bond acceptors (Lipinski definition) is 3. The summed E-state index contributed by atoms with van der Waals surface area (Å²) in [5, 5.41) is 7.28. The molecule has 6 heteroatoms. The third kappa shape index (κ3) is 2.65. The van der Waals surface area contributed by atoms with Crippen LogP contribution in [0.1, 0.15) is 40.7 Å². The summed E-state index contributed by atoms with van der Waals surface area (Å²) in [5.74, 6) is 0.638. The molecule has 3 rings (SSSR count). The highest BCUT2D eigenvalue weighted by Gasteiger charge is 2.28. The lowest BCUT2D eigenvalue weighted by atomic mass is 9.94. The molecule has 1 amide bonds. The van der Waals surface area contributed by atoms with E-state index in [4.69, 9.17) is 4.42 Å². The summed E-state index contributed by atoms with van der Waals surface area (Å²) >= 11 is 3.22. The molecule has 0 aliphatic carbocycles. The van der Waals surface area contributed by atoms with Crippen LogP contribution in [0.15, 0.2) is 27.3 Å². The zero-order valence-electron chi connectivity index (χ0n) is 11.2. The summed E-state index contributed by atoms with van der Waals surface area (Å²) in [5.41, 5.74) is 2.10. The Bertz CT molecular complexity index is 619. The molecule has 2 aromatic rings. The molecule has 1 aliphatic heterocycles. The lowest BCUT2D eigenvalue weighted by molar-refractivity contribution is 0.0672. The number of hydrogen-bond donors (Lipinski definition) is 1. The highest BCUT2D eigenvalue weighted by molar-refractivity contribution is 9.10. The molecule has 1 saturated heterocycles. The summed E-state index contributed by atoms with van der Waals surface area (Å²) in [4.78, 5) is 14.2. The van der Waals surface area contributed by atoms with Crippen LogP contribution in [0.3, 0.4) is 0 Å². The quantitative estimate of drug-likeness (QED) is 0.915. The van der Waals surface area contributed by atoms with Crippen LogP contribution in [0.4, 0.5) is 0 Å². The molecule has 1 fully saturated rings. The van der Waals surface area contributed by atoms with E-state index in [0.717, 1.165) is 30.8 Å². The fraction of sp³-hybridized carbons (Fsp3) is 0.429. The van der Waals surface area contributed by atoms with E-state index in [2.05, 4.69) is 32.2 Å². The Balaban J connectivity index is 1.73. The highest BCUT2D eigenvalue weighted by Crippen LogP contribution is 2.27. The number of aromatic nitrogens is 2. The normalized spacial score (nSPS) is 19.3. The molecular formula is C14H16BrN3O2. The summed E-state index contributed by atoms with van der Waals surface area (Å²) in [7, 11) is 0. The predicted octanol–water partition coefficient (Wildman–Crippen LogP) is 3.09. The first-order valence-corrected chi connectivity index (χ1v) is 7.49. The lowest BCUT2D eigenvalue weighted by Gasteiger charge is -2.31. The van der Waals surface area contributed by atoms with Gasteiger partial charge in [0.1, 0.15) is 0 Å². The smallest absolute Gasteiger partial charge is 0.289 e. The van der Waals surface area contributed by atoms with Gasteiger partial charge < -0.3 is 9.32 Å². The van der Waals surface area contributed by atoms with Crippen molar-refractivity contribution in [1.29, 1.82) is 0 Å². The predicted molar refractivity (Wildman–Crippen MR) is 77.6 cm³/mol. The van der Waals surface area contributed by atoms with Gasteiger partial charge in [-0.1, -0.05) is 0 Å². The summed E-state index contributed by atoms with van der Waals surface area (Å²) in [6.07, 6.45) is 2.06. The molecule has 0 spiro atoms. The van der Waals surface area contributed by atoms with E-state index in [9.17, 15) is 4.79 Å². The van der Waals surface area contributed by atoms with Gasteiger partial charge in [-0.05, 0) is 53.9 Å². The molecule has 5 nitrogen and oxygen atoms in total. The van der Waals surface area contributed by atoms with Crippen LogP contribution in [-0.4, -0.2) is 34.1 Å². The molecule has 1 aliphatic rings. The van der Waals surface area contributed by atoms with Gasteiger partial charge in [-0.3, -0.25) is 9.89 Å². The second-order valence-corrected chi connectivity index (χ2v) is 5.95. The zero-order chi connectivity index (χ0) is 14.1. The number of carbonyl (C=O) groups is 1. The van der Waals surface area contributed by atoms with E-state index >= 15 is 0 Å². The van der Waals surface area contributed by atoms with Crippen LogP contribution in [0, 0.1) is 6.92 Å². The molecule has 0 bridgehead atoms. The van der Waals surface area contributed by atoms with E-state index in [1.165, 1.54) is 0 Å². The second-order valence-electron chi connectivity index (χ2n) is 5.17. The number of aryl methyl sites for hydroxylation is 1. The fourth-order valence-corrected chi connectivity index (χ4v) is 2.94. The molecule has 3 heterocycles. The average molecular weight is 338 g/mol. The van der Waals surface area contributed by atoms with Crippen molar-refractivity contribution >= 4 is 21.8 Å². The summed E-state index contributed by atoms with van der Waals surface area (Å²) < 4.78 is 5.93. The van der Waals surface area contributed by atoms with Crippen molar-refractivity contribution in [2.45, 2.75) is 25.7 Å². The number of halogens is 1. The van der Waals surface area contributed by atoms with Gasteiger partial charge in [0.25, 0.3) is 5.91 Å². The van der Waals surface area contributed by atoms with Crippen LogP contribution in [0.5, 0.6) is 0 Å². The minimum atomic E-state index is -0.0485. The third-order valence-electron chi connectivity index (χ3n) is 3.64. The number of aromatic amines is 1. The molecule has 20 heavy (non-hydrogen) atoms. The maximum Gasteiger partial charge on any atom is 0.289 e. The van der Waals surface area contributed by atoms with Crippen molar-refractivity contribution in [3.05, 3.63) is 40.0 Å². The van der Waals surface area contributed by atoms with E-state index in [1.54, 1.807) is 12.1 Å². The lowest BCUT2D eigenvalue weighted by Crippen LogP contribution is -2.39. The number of carbonyl (C=O) groups excluding carboxylic acids is 1. The zero-order valence-corrected chi connectivity index (χ0v) is 12.8. The average Bonchev–Trinajstić information content (AvgIpc) is 3.07. The van der Waals surface area contributed by atoms with Crippen molar-refractivity contribution in [1.82, 2.24) is 15.1 Å². The van der Waals surface area contributed by atoms with Crippen molar-refractivity contribution < 1.29 is 9.21 Å². The standard InChI is InChI=1S/C14H16BrN3O2/c1-9-7-11(17-16-9)10-3-2-6-18(8-10)14(19)12-4-5-13(15)20-12/h4-5,7,10H,2-3,6,8H2,1H3,(H,16,17)/t10-/m0/s1. The first kappa shape index (κ1) is 13.4. The molecular weight excluding hydrogens is 322 g/mol. The molecule has 1 N–H and O–H groups in total. The van der Waals surface area contributed by atoms with Crippen LogP contribution in [0.25, 0.3) is 0 Å². The first-order valence-electron chi connectivity index (χ1n) is 6.70. The minimum Gasteiger partial charge on any atom is -0.444 e. The Morgan fingerprint density at radius 3 is 3.05 bits per heavy atom. The molecule has 0 unspecified atom stereocenters. The Labute approximate surface area is 125 Å². The van der Waals surface area contributed by atoms with Gasteiger partial charge in [-0.15, -0.1) is 0 Å². The molecule has 0 aromatic carbocycles. The number of rotatable bonds is 2. The van der Waals surface area contributed by atoms with Gasteiger partial charge in [0.15, 0.2) is 10.4 Å². The van der Waals surface area contributed by atoms with Crippen LogP contribution >= 0.6 is 15.9 Å². The number of nitrogens with zero attached hydrogens (tertiary/aromatic N) is 2. The number of likely N-dealkylation sites (tertiary alicyclic amines) is 1. The highest BCUT2D eigenvalue weighted by atomic mass is 79.9. The SMILES string of the molecule is Cc1cc([C@H]2CCCN(C(=O)c3ccc(Br)o3)C2)n[nH]1. The van der Waals surface area contributed by atoms with Crippen molar-refractivity contribution in [2.75, 3.05) is 13.1 Å². The Morgan fingerprint density at radius 1 is 1.55 bits per heavy atom. The van der Waals surface area contributed by atoms with Crippen molar-refractivity contribution in [3.63, 3.8) is 0 Å². The summed E-state index contributed by atoms with van der Waals surface area (Å²) in [6, 6.07) is 5.50. The van der Waals surface area contributed by atoms with Gasteiger partial charge in [0, 0.05) is 24.7 Å². The van der Waals surface area contributed by atoms with Crippen LogP contribution in [-0.2, 0) is 0 Å². The van der Waals surface area contributed by atoms with Gasteiger partial charge in [0.2, 0.25) is 0 Å². The maximum absolute atomic E-state index is 12.4. The van der Waals surface area contributed by atoms with Gasteiger partial charge in [0.05, 0.1) is 5.69 Å². The third-order valence-corrected chi connectivity index (χ3v) is 4.06. The Kier molecular flexibility index (Phi) is 3.65. The topological polar surface area (TPSA) is 62.1 Å². The first-order chi connectivity index (χ1) is 9.63. The van der Waals surface area contributed by atoms with Crippen molar-refractivity contribution in [2.24, 2.45) is 0 Å². The molecule has 0 radical (unpaired) electrons. The van der Waals surface area contributed by atoms with E-state index in [0.29, 0.717) is 22.9 Å². The number of H-pyrrole nitrogens is 1. The second kappa shape index (κ2) is 5.44. The van der Waals surface area contributed by atoms with Gasteiger partial charge in [-0.2, -0.15) is 5.10 Å². The van der Waals surface area contributed by atoms with Gasteiger partial charge in [-0.25, -0.2) is 0 Å². The monoisotopic (exact) mass is 337 g/mol. The summed E-state index contributed by atoms with van der Waals surface area (Å²) in [6.45, 7) is 3.46. The maximum atomic E-state index is 12.4. The van der Waals surface area contributed by atoms with E-state index in [-0.39, 0.29) is 5.91 Å². The number of amides is 1. The molecule has 0 saturated carbocycles. The minimum absolute atomic E-state index is 0.0485. The largest absolute Gasteiger partial charge is 0.444 e.